The summed E-state index contributed by atoms with van der Waals surface area (Å²) in [6, 6.07) is 22.0. The summed E-state index contributed by atoms with van der Waals surface area (Å²) in [6.45, 7) is 0.366. The SMILES string of the molecule is Cn1cnnc1-c1cccc(NC(=O)c2cccc(OCc3cccc(Cl)c3)c2)c1. The number of hydrogen-bond acceptors (Lipinski definition) is 4. The Hall–Kier alpha value is -3.64. The van der Waals surface area contributed by atoms with Crippen molar-refractivity contribution in [2.75, 3.05) is 5.32 Å². The van der Waals surface area contributed by atoms with Gasteiger partial charge in [0, 0.05) is 28.9 Å². The number of nitrogens with zero attached hydrogens (tertiary/aromatic N) is 3. The van der Waals surface area contributed by atoms with Crippen LogP contribution in [0.4, 0.5) is 5.69 Å². The highest BCUT2D eigenvalue weighted by atomic mass is 35.5. The van der Waals surface area contributed by atoms with E-state index < -0.39 is 0 Å². The molecular weight excluding hydrogens is 400 g/mol. The van der Waals surface area contributed by atoms with E-state index in [0.717, 1.165) is 17.0 Å². The number of carbonyl (C=O) groups excluding carboxylic acids is 1. The molecule has 0 radical (unpaired) electrons. The lowest BCUT2D eigenvalue weighted by Gasteiger charge is -2.10. The zero-order valence-electron chi connectivity index (χ0n) is 16.2. The topological polar surface area (TPSA) is 69.0 Å². The van der Waals surface area contributed by atoms with Gasteiger partial charge in [-0.05, 0) is 48.0 Å². The van der Waals surface area contributed by atoms with Crippen molar-refractivity contribution in [3.63, 3.8) is 0 Å². The monoisotopic (exact) mass is 418 g/mol. The maximum absolute atomic E-state index is 12.7. The quantitative estimate of drug-likeness (QED) is 0.480. The Balaban J connectivity index is 1.45. The molecule has 1 heterocycles. The fraction of sp³-hybridized carbons (Fsp3) is 0.0870. The number of rotatable bonds is 6. The van der Waals surface area contributed by atoms with Gasteiger partial charge in [0.25, 0.3) is 5.91 Å². The molecule has 0 bridgehead atoms. The van der Waals surface area contributed by atoms with Gasteiger partial charge in [-0.2, -0.15) is 0 Å². The van der Waals surface area contributed by atoms with Crippen molar-refractivity contribution in [3.8, 4) is 17.1 Å². The molecule has 150 valence electrons. The molecule has 1 N–H and O–H groups in total. The predicted molar refractivity (Wildman–Crippen MR) is 117 cm³/mol. The number of carbonyl (C=O) groups is 1. The lowest BCUT2D eigenvalue weighted by atomic mass is 10.1. The largest absolute Gasteiger partial charge is 0.489 e. The van der Waals surface area contributed by atoms with Gasteiger partial charge >= 0.3 is 0 Å². The number of hydrogen-bond donors (Lipinski definition) is 1. The van der Waals surface area contributed by atoms with E-state index in [2.05, 4.69) is 15.5 Å². The lowest BCUT2D eigenvalue weighted by molar-refractivity contribution is 0.102. The van der Waals surface area contributed by atoms with Gasteiger partial charge < -0.3 is 14.6 Å². The minimum atomic E-state index is -0.224. The van der Waals surface area contributed by atoms with E-state index in [9.17, 15) is 4.79 Å². The van der Waals surface area contributed by atoms with Crippen molar-refractivity contribution in [1.29, 1.82) is 0 Å². The summed E-state index contributed by atoms with van der Waals surface area (Å²) in [5.41, 5.74) is 3.00. The van der Waals surface area contributed by atoms with Crippen molar-refractivity contribution in [2.45, 2.75) is 6.61 Å². The third-order valence-corrected chi connectivity index (χ3v) is 4.72. The lowest BCUT2D eigenvalue weighted by Crippen LogP contribution is -2.12. The molecule has 0 fully saturated rings. The number of aryl methyl sites for hydroxylation is 1. The summed E-state index contributed by atoms with van der Waals surface area (Å²) in [4.78, 5) is 12.7. The van der Waals surface area contributed by atoms with Crippen LogP contribution in [-0.4, -0.2) is 20.7 Å². The van der Waals surface area contributed by atoms with E-state index >= 15 is 0 Å². The van der Waals surface area contributed by atoms with E-state index in [1.807, 2.05) is 66.2 Å². The molecule has 7 heteroatoms. The summed E-state index contributed by atoms with van der Waals surface area (Å²) < 4.78 is 7.63. The van der Waals surface area contributed by atoms with Crippen molar-refractivity contribution in [2.24, 2.45) is 7.05 Å². The van der Waals surface area contributed by atoms with Crippen molar-refractivity contribution >= 4 is 23.2 Å². The van der Waals surface area contributed by atoms with Crippen LogP contribution in [0.15, 0.2) is 79.1 Å². The maximum atomic E-state index is 12.7. The summed E-state index contributed by atoms with van der Waals surface area (Å²) in [5.74, 6) is 1.11. The van der Waals surface area contributed by atoms with Gasteiger partial charge in [0.15, 0.2) is 5.82 Å². The predicted octanol–water partition coefficient (Wildman–Crippen LogP) is 4.97. The molecule has 1 aromatic heterocycles. The van der Waals surface area contributed by atoms with Gasteiger partial charge in [0.05, 0.1) is 0 Å². The van der Waals surface area contributed by atoms with Crippen LogP contribution in [0.1, 0.15) is 15.9 Å². The fourth-order valence-electron chi connectivity index (χ4n) is 3.00. The molecule has 6 nitrogen and oxygen atoms in total. The molecule has 0 aliphatic rings. The average molecular weight is 419 g/mol. The Labute approximate surface area is 179 Å². The van der Waals surface area contributed by atoms with Gasteiger partial charge in [-0.1, -0.05) is 41.9 Å². The Kier molecular flexibility index (Phi) is 5.77. The van der Waals surface area contributed by atoms with Crippen LogP contribution in [0, 0.1) is 0 Å². The van der Waals surface area contributed by atoms with Crippen LogP contribution in [0.2, 0.25) is 5.02 Å². The number of anilines is 1. The van der Waals surface area contributed by atoms with Gasteiger partial charge in [0.1, 0.15) is 18.7 Å². The molecule has 3 aromatic carbocycles. The number of ether oxygens (including phenoxy) is 1. The summed E-state index contributed by atoms with van der Waals surface area (Å²) in [5, 5.41) is 11.6. The van der Waals surface area contributed by atoms with E-state index in [1.165, 1.54) is 0 Å². The summed E-state index contributed by atoms with van der Waals surface area (Å²) >= 11 is 6.01. The average Bonchev–Trinajstić information content (AvgIpc) is 3.19. The number of aromatic nitrogens is 3. The van der Waals surface area contributed by atoms with E-state index in [4.69, 9.17) is 16.3 Å². The second-order valence-electron chi connectivity index (χ2n) is 6.75. The van der Waals surface area contributed by atoms with Crippen LogP contribution in [0.25, 0.3) is 11.4 Å². The molecule has 0 spiro atoms. The standard InChI is InChI=1S/C23H19ClN4O2/c1-28-15-25-27-22(28)17-6-3-9-20(12-17)26-23(29)18-7-4-10-21(13-18)30-14-16-5-2-8-19(24)11-16/h2-13,15H,14H2,1H3,(H,26,29). The van der Waals surface area contributed by atoms with Crippen molar-refractivity contribution in [1.82, 2.24) is 14.8 Å². The van der Waals surface area contributed by atoms with E-state index in [-0.39, 0.29) is 5.91 Å². The van der Waals surface area contributed by atoms with Crippen LogP contribution in [-0.2, 0) is 13.7 Å². The molecule has 0 atom stereocenters. The number of halogens is 1. The first-order valence-electron chi connectivity index (χ1n) is 9.31. The first-order chi connectivity index (χ1) is 14.6. The van der Waals surface area contributed by atoms with Gasteiger partial charge in [0.2, 0.25) is 0 Å². The molecule has 0 saturated heterocycles. The first-order valence-corrected chi connectivity index (χ1v) is 9.69. The molecule has 30 heavy (non-hydrogen) atoms. The maximum Gasteiger partial charge on any atom is 0.255 e. The Morgan fingerprint density at radius 2 is 1.90 bits per heavy atom. The number of nitrogens with one attached hydrogen (secondary N) is 1. The highest BCUT2D eigenvalue weighted by molar-refractivity contribution is 6.30. The number of amides is 1. The molecule has 1 amide bonds. The highest BCUT2D eigenvalue weighted by Crippen LogP contribution is 2.22. The van der Waals surface area contributed by atoms with Crippen LogP contribution in [0.3, 0.4) is 0 Å². The third-order valence-electron chi connectivity index (χ3n) is 4.48. The zero-order chi connectivity index (χ0) is 20.9. The molecule has 4 aromatic rings. The molecule has 0 saturated carbocycles. The normalized spacial score (nSPS) is 10.6. The number of benzene rings is 3. The van der Waals surface area contributed by atoms with Crippen LogP contribution < -0.4 is 10.1 Å². The minimum absolute atomic E-state index is 0.224. The minimum Gasteiger partial charge on any atom is -0.489 e. The molecule has 0 unspecified atom stereocenters. The fourth-order valence-corrected chi connectivity index (χ4v) is 3.22. The second kappa shape index (κ2) is 8.80. The van der Waals surface area contributed by atoms with Gasteiger partial charge in [-0.25, -0.2) is 0 Å². The van der Waals surface area contributed by atoms with E-state index in [0.29, 0.717) is 28.6 Å². The summed E-state index contributed by atoms with van der Waals surface area (Å²) in [6.07, 6.45) is 1.63. The second-order valence-corrected chi connectivity index (χ2v) is 7.18. The van der Waals surface area contributed by atoms with Gasteiger partial charge in [-0.3, -0.25) is 4.79 Å². The van der Waals surface area contributed by atoms with Crippen molar-refractivity contribution < 1.29 is 9.53 Å². The zero-order valence-corrected chi connectivity index (χ0v) is 17.0. The summed E-state index contributed by atoms with van der Waals surface area (Å²) in [7, 11) is 1.87. The molecular formula is C23H19ClN4O2. The van der Waals surface area contributed by atoms with Crippen molar-refractivity contribution in [3.05, 3.63) is 95.3 Å². The smallest absolute Gasteiger partial charge is 0.255 e. The Morgan fingerprint density at radius 3 is 2.70 bits per heavy atom. The Bertz CT molecular complexity index is 1190. The highest BCUT2D eigenvalue weighted by Gasteiger charge is 2.10. The van der Waals surface area contributed by atoms with E-state index in [1.54, 1.807) is 24.5 Å². The first kappa shape index (κ1) is 19.7. The van der Waals surface area contributed by atoms with Crippen LogP contribution in [0.5, 0.6) is 5.75 Å². The molecule has 0 aliphatic heterocycles. The third kappa shape index (κ3) is 4.67. The van der Waals surface area contributed by atoms with Crippen LogP contribution >= 0.6 is 11.6 Å². The molecule has 0 aliphatic carbocycles. The molecule has 4 rings (SSSR count). The Morgan fingerprint density at radius 1 is 1.07 bits per heavy atom. The van der Waals surface area contributed by atoms with Gasteiger partial charge in [-0.15, -0.1) is 10.2 Å².